The van der Waals surface area contributed by atoms with Gasteiger partial charge in [-0.3, -0.25) is 0 Å². The van der Waals surface area contributed by atoms with Gasteiger partial charge in [-0.05, 0) is 36.6 Å². The average molecular weight is 266 g/mol. The average Bonchev–Trinajstić information content (AvgIpc) is 2.44. The maximum Gasteiger partial charge on any atom is 0.161 e. The SMILES string of the molecule is C1CC[SiH2]OC1.C=CCc1ccc(O)c(OC)c1. The molecule has 1 aliphatic rings. The molecule has 0 aliphatic carbocycles. The maximum absolute atomic E-state index is 9.25. The van der Waals surface area contributed by atoms with Crippen molar-refractivity contribution in [1.29, 1.82) is 0 Å². The number of phenols is 1. The number of methoxy groups -OCH3 is 1. The topological polar surface area (TPSA) is 38.7 Å². The van der Waals surface area contributed by atoms with E-state index < -0.39 is 0 Å². The second-order valence-corrected chi connectivity index (χ2v) is 5.70. The lowest BCUT2D eigenvalue weighted by Crippen LogP contribution is -2.06. The lowest BCUT2D eigenvalue weighted by Gasteiger charge is -2.07. The van der Waals surface area contributed by atoms with Crippen LogP contribution in [0.2, 0.25) is 6.04 Å². The Morgan fingerprint density at radius 2 is 2.33 bits per heavy atom. The molecule has 1 aromatic carbocycles. The summed E-state index contributed by atoms with van der Waals surface area (Å²) in [5.74, 6) is 0.680. The number of benzene rings is 1. The largest absolute Gasteiger partial charge is 0.504 e. The number of allylic oxidation sites excluding steroid dienone is 1. The van der Waals surface area contributed by atoms with E-state index in [4.69, 9.17) is 9.16 Å². The minimum atomic E-state index is 0.00849. The van der Waals surface area contributed by atoms with E-state index in [1.54, 1.807) is 12.1 Å². The molecule has 0 radical (unpaired) electrons. The van der Waals surface area contributed by atoms with Gasteiger partial charge in [-0.15, -0.1) is 6.58 Å². The first-order chi connectivity index (χ1) is 8.77. The van der Waals surface area contributed by atoms with Crippen molar-refractivity contribution >= 4 is 9.76 Å². The van der Waals surface area contributed by atoms with Crippen LogP contribution in [0.25, 0.3) is 0 Å². The fourth-order valence-corrected chi connectivity index (χ4v) is 2.87. The van der Waals surface area contributed by atoms with Gasteiger partial charge in [-0.2, -0.15) is 0 Å². The van der Waals surface area contributed by atoms with Crippen LogP contribution in [0.4, 0.5) is 0 Å². The van der Waals surface area contributed by atoms with Crippen LogP contribution in [0.1, 0.15) is 18.4 Å². The second-order valence-electron chi connectivity index (χ2n) is 4.17. The predicted octanol–water partition coefficient (Wildman–Crippen LogP) is 2.43. The third-order valence-corrected chi connectivity index (χ3v) is 4.07. The number of ether oxygens (including phenoxy) is 1. The highest BCUT2D eigenvalue weighted by molar-refractivity contribution is 6.27. The molecule has 0 saturated carbocycles. The zero-order valence-electron chi connectivity index (χ0n) is 11.0. The molecule has 0 aromatic heterocycles. The molecule has 1 aromatic rings. The van der Waals surface area contributed by atoms with Gasteiger partial charge in [-0.1, -0.05) is 18.6 Å². The molecule has 0 atom stereocenters. The van der Waals surface area contributed by atoms with Crippen molar-refractivity contribution in [2.75, 3.05) is 13.7 Å². The van der Waals surface area contributed by atoms with E-state index in [2.05, 4.69) is 6.58 Å². The maximum atomic E-state index is 9.25. The third-order valence-electron chi connectivity index (χ3n) is 2.70. The first-order valence-electron chi connectivity index (χ1n) is 6.32. The minimum Gasteiger partial charge on any atom is -0.504 e. The van der Waals surface area contributed by atoms with Gasteiger partial charge in [0.05, 0.1) is 7.11 Å². The fourth-order valence-electron chi connectivity index (χ4n) is 1.70. The number of aromatic hydroxyl groups is 1. The molecule has 1 saturated heterocycles. The van der Waals surface area contributed by atoms with E-state index >= 15 is 0 Å². The summed E-state index contributed by atoms with van der Waals surface area (Å²) in [5, 5.41) is 9.25. The molecule has 0 amide bonds. The highest BCUT2D eigenvalue weighted by Crippen LogP contribution is 2.26. The molecule has 4 heteroatoms. The smallest absolute Gasteiger partial charge is 0.161 e. The molecule has 1 aliphatic heterocycles. The molecule has 0 unspecified atom stereocenters. The van der Waals surface area contributed by atoms with Crippen LogP contribution >= 0.6 is 0 Å². The highest BCUT2D eigenvalue weighted by Gasteiger charge is 2.00. The lowest BCUT2D eigenvalue weighted by molar-refractivity contribution is 0.304. The number of phenolic OH excluding ortho intramolecular Hbond substituents is 1. The molecule has 2 rings (SSSR count). The lowest BCUT2D eigenvalue weighted by atomic mass is 10.1. The van der Waals surface area contributed by atoms with Crippen LogP contribution in [0.3, 0.4) is 0 Å². The quantitative estimate of drug-likeness (QED) is 0.674. The first kappa shape index (κ1) is 14.8. The summed E-state index contributed by atoms with van der Waals surface area (Å²) < 4.78 is 10.2. The molecule has 0 bridgehead atoms. The van der Waals surface area contributed by atoms with Gasteiger partial charge in [0.25, 0.3) is 0 Å². The van der Waals surface area contributed by atoms with Crippen molar-refractivity contribution in [3.05, 3.63) is 36.4 Å². The van der Waals surface area contributed by atoms with Gasteiger partial charge in [0, 0.05) is 6.61 Å². The Labute approximate surface area is 111 Å². The van der Waals surface area contributed by atoms with Crippen molar-refractivity contribution in [3.63, 3.8) is 0 Å². The Kier molecular flexibility index (Phi) is 7.21. The van der Waals surface area contributed by atoms with Crippen molar-refractivity contribution in [2.24, 2.45) is 0 Å². The van der Waals surface area contributed by atoms with E-state index in [1.807, 2.05) is 12.1 Å². The zero-order chi connectivity index (χ0) is 13.2. The Morgan fingerprint density at radius 1 is 1.50 bits per heavy atom. The zero-order valence-corrected chi connectivity index (χ0v) is 12.4. The van der Waals surface area contributed by atoms with Crippen molar-refractivity contribution in [1.82, 2.24) is 0 Å². The molecule has 100 valence electrons. The van der Waals surface area contributed by atoms with E-state index in [0.717, 1.165) is 18.6 Å². The Hall–Kier alpha value is -1.26. The van der Waals surface area contributed by atoms with Crippen LogP contribution in [0.15, 0.2) is 30.9 Å². The van der Waals surface area contributed by atoms with Crippen molar-refractivity contribution in [2.45, 2.75) is 25.3 Å². The summed E-state index contributed by atoms with van der Waals surface area (Å²) in [6.07, 6.45) is 5.35. The number of rotatable bonds is 3. The summed E-state index contributed by atoms with van der Waals surface area (Å²) in [5.41, 5.74) is 1.08. The van der Waals surface area contributed by atoms with Crippen LogP contribution < -0.4 is 4.74 Å². The van der Waals surface area contributed by atoms with Crippen LogP contribution in [-0.2, 0) is 10.8 Å². The summed E-state index contributed by atoms with van der Waals surface area (Å²) >= 11 is 0. The summed E-state index contributed by atoms with van der Waals surface area (Å²) in [4.78, 5) is 0. The van der Waals surface area contributed by atoms with Crippen molar-refractivity contribution < 1.29 is 14.3 Å². The van der Waals surface area contributed by atoms with Crippen LogP contribution in [0, 0.1) is 0 Å². The Bertz CT molecular complexity index is 351. The molecule has 0 spiro atoms. The minimum absolute atomic E-state index is 0.00849. The first-order valence-corrected chi connectivity index (χ1v) is 7.90. The van der Waals surface area contributed by atoms with E-state index in [1.165, 1.54) is 26.0 Å². The Balaban J connectivity index is 0.000000225. The van der Waals surface area contributed by atoms with Crippen molar-refractivity contribution in [3.8, 4) is 11.5 Å². The predicted molar refractivity (Wildman–Crippen MR) is 77.1 cm³/mol. The van der Waals surface area contributed by atoms with Gasteiger partial charge < -0.3 is 14.3 Å². The van der Waals surface area contributed by atoms with E-state index in [9.17, 15) is 5.11 Å². The third kappa shape index (κ3) is 5.38. The second kappa shape index (κ2) is 8.77. The molecule has 1 N–H and O–H groups in total. The van der Waals surface area contributed by atoms with E-state index in [-0.39, 0.29) is 15.5 Å². The van der Waals surface area contributed by atoms with Gasteiger partial charge >= 0.3 is 0 Å². The van der Waals surface area contributed by atoms with Crippen LogP contribution in [-0.4, -0.2) is 28.6 Å². The summed E-state index contributed by atoms with van der Waals surface area (Å²) in [6, 6.07) is 6.69. The molecule has 1 fully saturated rings. The number of hydrogen-bond acceptors (Lipinski definition) is 3. The van der Waals surface area contributed by atoms with Gasteiger partial charge in [0.1, 0.15) is 0 Å². The Morgan fingerprint density at radius 3 is 2.78 bits per heavy atom. The summed E-state index contributed by atoms with van der Waals surface area (Å²) in [7, 11) is 1.54. The van der Waals surface area contributed by atoms with Gasteiger partial charge in [0.2, 0.25) is 0 Å². The standard InChI is InChI=1S/C10H12O2.C4H10OSi/c1-3-4-8-5-6-9(11)10(7-8)12-2;1-2-4-6-5-3-1/h3,5-7,11H,1,4H2,2H3;1-4,6H2. The van der Waals surface area contributed by atoms with E-state index in [0.29, 0.717) is 5.75 Å². The molecule has 3 nitrogen and oxygen atoms in total. The molecule has 1 heterocycles. The molecular formula is C14H22O3Si. The van der Waals surface area contributed by atoms with Crippen LogP contribution in [0.5, 0.6) is 11.5 Å². The van der Waals surface area contributed by atoms with Gasteiger partial charge in [-0.25, -0.2) is 0 Å². The van der Waals surface area contributed by atoms with Gasteiger partial charge in [0.15, 0.2) is 21.3 Å². The number of hydrogen-bond donors (Lipinski definition) is 1. The summed E-state index contributed by atoms with van der Waals surface area (Å²) in [6.45, 7) is 4.69. The highest BCUT2D eigenvalue weighted by atomic mass is 28.2. The molecular weight excluding hydrogens is 244 g/mol. The normalized spacial score (nSPS) is 15.6. The fraction of sp³-hybridized carbons (Fsp3) is 0.429. The molecule has 18 heavy (non-hydrogen) atoms. The monoisotopic (exact) mass is 266 g/mol.